The van der Waals surface area contributed by atoms with Gasteiger partial charge >= 0.3 is 42.2 Å². The van der Waals surface area contributed by atoms with Crippen LogP contribution in [0.2, 0.25) is 0 Å². The molecule has 0 aromatic heterocycles. The number of methoxy groups -OCH3 is 2. The fraction of sp³-hybridized carbons (Fsp3) is 0.413. The summed E-state index contributed by atoms with van der Waals surface area (Å²) in [4.78, 5) is 119. The molecule has 24 heteroatoms. The Morgan fingerprint density at radius 3 is 1.37 bits per heavy atom. The van der Waals surface area contributed by atoms with E-state index in [-0.39, 0.29) is 78.7 Å². The van der Waals surface area contributed by atoms with Gasteiger partial charge in [0.05, 0.1) is 25.4 Å². The number of urea groups is 4. The second kappa shape index (κ2) is 30.2. The summed E-state index contributed by atoms with van der Waals surface area (Å²) >= 11 is 0. The Morgan fingerprint density at radius 2 is 0.977 bits per heavy atom. The molecule has 0 aliphatic carbocycles. The minimum Gasteiger partial charge on any atom is -0.466 e. The van der Waals surface area contributed by atoms with Crippen molar-refractivity contribution in [2.45, 2.75) is 116 Å². The number of likely N-dealkylation sites (tertiary alicyclic amines) is 1. The van der Waals surface area contributed by atoms with Gasteiger partial charge in [0, 0.05) is 61.8 Å². The van der Waals surface area contributed by atoms with Gasteiger partial charge in [0.1, 0.15) is 29.3 Å². The van der Waals surface area contributed by atoms with Crippen LogP contribution in [0.25, 0.3) is 0 Å². The van der Waals surface area contributed by atoms with Crippen LogP contribution >= 0.6 is 0 Å². The Morgan fingerprint density at radius 1 is 0.575 bits per heavy atom. The fourth-order valence-corrected chi connectivity index (χ4v) is 10.7. The fourth-order valence-electron chi connectivity index (χ4n) is 10.7. The van der Waals surface area contributed by atoms with Crippen LogP contribution in [0.4, 0.5) is 44.1 Å². The van der Waals surface area contributed by atoms with Crippen LogP contribution in [0.5, 0.6) is 0 Å². The van der Waals surface area contributed by atoms with Crippen molar-refractivity contribution in [1.82, 2.24) is 41.3 Å². The second-order valence-corrected chi connectivity index (χ2v) is 22.4. The van der Waals surface area contributed by atoms with Crippen molar-refractivity contribution >= 4 is 65.3 Å². The van der Waals surface area contributed by atoms with E-state index in [2.05, 4.69) is 43.3 Å². The molecular weight excluding hydrogens is 1130 g/mol. The van der Waals surface area contributed by atoms with Crippen molar-refractivity contribution in [3.63, 3.8) is 0 Å². The normalized spacial score (nSPS) is 17.4. The quantitative estimate of drug-likeness (QED) is 0.0313. The lowest BCUT2D eigenvalue weighted by Gasteiger charge is -2.36. The third-order valence-corrected chi connectivity index (χ3v) is 15.0. The monoisotopic (exact) mass is 1200 g/mol. The molecule has 11 amide bonds. The number of amides is 11. The molecule has 2 fully saturated rings. The molecule has 4 aromatic carbocycles. The van der Waals surface area contributed by atoms with Gasteiger partial charge in [0.2, 0.25) is 11.8 Å². The summed E-state index contributed by atoms with van der Waals surface area (Å²) in [6.07, 6.45) is 4.22. The molecule has 0 saturated carbocycles. The average molecular weight is 1200 g/mol. The molecule has 87 heavy (non-hydrogen) atoms. The minimum atomic E-state index is -1.16. The average Bonchev–Trinajstić information content (AvgIpc) is 1.95. The maximum absolute atomic E-state index is 13.7. The summed E-state index contributed by atoms with van der Waals surface area (Å²) in [5, 5.41) is 19.5. The maximum atomic E-state index is 13.7. The lowest BCUT2D eigenvalue weighted by atomic mass is 9.89. The van der Waals surface area contributed by atoms with E-state index >= 15 is 0 Å². The number of anilines is 2. The molecular formula is C63H76F2N10O12. The van der Waals surface area contributed by atoms with Crippen LogP contribution in [0.15, 0.2) is 120 Å². The third-order valence-electron chi connectivity index (χ3n) is 15.0. The number of allylic oxidation sites excluding steroid dienone is 2. The number of imide groups is 2. The lowest BCUT2D eigenvalue weighted by molar-refractivity contribution is -0.137. The highest BCUT2D eigenvalue weighted by Gasteiger charge is 2.43. The van der Waals surface area contributed by atoms with Gasteiger partial charge in [-0.1, -0.05) is 48.5 Å². The number of esters is 2. The molecule has 464 valence electrons. The van der Waals surface area contributed by atoms with E-state index in [0.29, 0.717) is 42.2 Å². The molecule has 0 radical (unpaired) electrons. The van der Waals surface area contributed by atoms with Crippen LogP contribution in [-0.2, 0) is 33.4 Å². The van der Waals surface area contributed by atoms with E-state index in [0.717, 1.165) is 59.8 Å². The highest BCUT2D eigenvalue weighted by Crippen LogP contribution is 2.37. The molecule has 4 aliphatic heterocycles. The predicted octanol–water partition coefficient (Wildman–Crippen LogP) is 9.52. The molecule has 22 nitrogen and oxygen atoms in total. The van der Waals surface area contributed by atoms with E-state index in [4.69, 9.17) is 14.2 Å². The van der Waals surface area contributed by atoms with Crippen LogP contribution in [0.3, 0.4) is 0 Å². The van der Waals surface area contributed by atoms with E-state index in [1.807, 2.05) is 57.2 Å². The van der Waals surface area contributed by atoms with E-state index in [1.54, 1.807) is 11.0 Å². The number of hydrogen-bond donors (Lipinski definition) is 7. The zero-order chi connectivity index (χ0) is 63.0. The van der Waals surface area contributed by atoms with Crippen LogP contribution < -0.4 is 37.2 Å². The number of benzene rings is 4. The maximum Gasteiger partial charge on any atom is 0.410 e. The molecule has 7 N–H and O–H groups in total. The first kappa shape index (κ1) is 65.4. The topological polar surface area (TPSA) is 275 Å². The summed E-state index contributed by atoms with van der Waals surface area (Å²) in [6, 6.07) is 20.4. The van der Waals surface area contributed by atoms with Gasteiger partial charge in [0.15, 0.2) is 0 Å². The number of rotatable bonds is 16. The lowest BCUT2D eigenvalue weighted by Crippen LogP contribution is -2.54. The van der Waals surface area contributed by atoms with E-state index in [9.17, 15) is 51.9 Å². The van der Waals surface area contributed by atoms with Gasteiger partial charge in [-0.15, -0.1) is 0 Å². The first-order valence-electron chi connectivity index (χ1n) is 28.9. The predicted molar refractivity (Wildman–Crippen MR) is 318 cm³/mol. The van der Waals surface area contributed by atoms with Gasteiger partial charge in [0.25, 0.3) is 0 Å². The molecule has 8 rings (SSSR count). The number of nitrogens with one attached hydrogen (secondary N) is 7. The zero-order valence-corrected chi connectivity index (χ0v) is 49.9. The standard InChI is InChI=1S/C34H42FN5O7.C29H34FN5O5/c1-21-28(30(42)46-5)29(23-11-13-25(35)14-12-23)40(32(44)37-21)31(43)36-17-7-10-27(41)38-26-9-6-8-24(20-26)22-15-18-39(19-16-22)33(45)47-34(2,3)4;1-18-25(27(37)40-2)26(20-8-10-22(30)11-9-20)35(29(39)33-18)28(38)32-14-4-7-24(36)34-23-6-3-5-21(17-23)19-12-15-31-16-13-19/h6,8-9,11-14,20,22,29H,7,10,15-19H2,1-5H3,(H,36,43)(H,37,44)(H,38,41);3,5-6,8-11,17,19,26,31H,4,7,12-16H2,1-2H3,(H,32,38)(H,33,39)(H,34,36). The molecule has 0 bridgehead atoms. The SMILES string of the molecule is COC(=O)C1=C(C)NC(=O)N(C(=O)NCCCC(=O)Nc2cccc(C3CCN(C(=O)OC(C)(C)C)CC3)c2)C1c1ccc(F)cc1.COC(=O)C1=C(C)NC(=O)N(C(=O)NCCCC(=O)Nc2cccc(C3CCNCC3)c2)C1c1ccc(F)cc1. The van der Waals surface area contributed by atoms with E-state index < -0.39 is 65.4 Å². The van der Waals surface area contributed by atoms with Crippen molar-refractivity contribution in [3.8, 4) is 0 Å². The van der Waals surface area contributed by atoms with Crippen molar-refractivity contribution in [2.24, 2.45) is 0 Å². The molecule has 2 atom stereocenters. The first-order chi connectivity index (χ1) is 41.5. The Labute approximate surface area is 504 Å². The Kier molecular flexibility index (Phi) is 22.7. The van der Waals surface area contributed by atoms with Crippen LogP contribution in [0.1, 0.15) is 132 Å². The second-order valence-electron chi connectivity index (χ2n) is 22.4. The van der Waals surface area contributed by atoms with Crippen molar-refractivity contribution < 1.29 is 66.1 Å². The molecule has 2 saturated heterocycles. The molecule has 0 spiro atoms. The van der Waals surface area contributed by atoms with Gasteiger partial charge in [-0.3, -0.25) is 9.59 Å². The largest absolute Gasteiger partial charge is 0.466 e. The third kappa shape index (κ3) is 17.7. The minimum absolute atomic E-state index is 0.0315. The molecule has 4 heterocycles. The highest BCUT2D eigenvalue weighted by atomic mass is 19.1. The number of halogens is 2. The molecule has 4 aromatic rings. The molecule has 2 unspecified atom stereocenters. The van der Waals surface area contributed by atoms with Crippen LogP contribution in [-0.4, -0.2) is 128 Å². The zero-order valence-electron chi connectivity index (χ0n) is 49.9. The van der Waals surface area contributed by atoms with Crippen molar-refractivity contribution in [1.29, 1.82) is 0 Å². The first-order valence-corrected chi connectivity index (χ1v) is 28.9. The smallest absolute Gasteiger partial charge is 0.410 e. The van der Waals surface area contributed by atoms with E-state index in [1.165, 1.54) is 82.2 Å². The Hall–Kier alpha value is -9.19. The summed E-state index contributed by atoms with van der Waals surface area (Å²) in [5.41, 5.74) is 4.34. The van der Waals surface area contributed by atoms with Gasteiger partial charge < -0.3 is 56.3 Å². The highest BCUT2D eigenvalue weighted by molar-refractivity contribution is 6.03. The number of carbonyl (C=O) groups is 9. The number of hydrogen-bond acceptors (Lipinski definition) is 13. The Bertz CT molecular complexity index is 3240. The van der Waals surface area contributed by atoms with Crippen molar-refractivity contribution in [2.75, 3.05) is 64.1 Å². The van der Waals surface area contributed by atoms with Crippen LogP contribution in [0, 0.1) is 11.6 Å². The molecule has 4 aliphatic rings. The summed E-state index contributed by atoms with van der Waals surface area (Å²) in [5.74, 6) is -2.23. The number of ether oxygens (including phenoxy) is 3. The Balaban J connectivity index is 0.000000252. The van der Waals surface area contributed by atoms with Gasteiger partial charge in [-0.05, 0) is 169 Å². The van der Waals surface area contributed by atoms with Crippen molar-refractivity contribution in [3.05, 3.63) is 153 Å². The summed E-state index contributed by atoms with van der Waals surface area (Å²) < 4.78 is 42.5. The summed E-state index contributed by atoms with van der Waals surface area (Å²) in [7, 11) is 2.38. The van der Waals surface area contributed by atoms with Gasteiger partial charge in [-0.2, -0.15) is 0 Å². The number of piperidine rings is 2. The van der Waals surface area contributed by atoms with Gasteiger partial charge in [-0.25, -0.2) is 52.1 Å². The summed E-state index contributed by atoms with van der Waals surface area (Å²) in [6.45, 7) is 11.9. The number of nitrogens with zero attached hydrogens (tertiary/aromatic N) is 3. The number of carbonyl (C=O) groups excluding carboxylic acids is 9.